The first-order valence-corrected chi connectivity index (χ1v) is 10.8. The second-order valence-electron chi connectivity index (χ2n) is 6.84. The summed E-state index contributed by atoms with van der Waals surface area (Å²) in [6.45, 7) is 4.66. The molecule has 6 nitrogen and oxygen atoms in total. The number of halogens is 1. The molecule has 29 heavy (non-hydrogen) atoms. The molecular weight excluding hydrogens is 408 g/mol. The second kappa shape index (κ2) is 8.39. The van der Waals surface area contributed by atoms with Gasteiger partial charge in [-0.2, -0.15) is 4.98 Å². The Morgan fingerprint density at radius 3 is 2.90 bits per heavy atom. The molecule has 3 heterocycles. The van der Waals surface area contributed by atoms with E-state index < -0.39 is 6.04 Å². The van der Waals surface area contributed by atoms with Gasteiger partial charge in [0.05, 0.1) is 16.5 Å². The van der Waals surface area contributed by atoms with E-state index in [1.807, 2.05) is 42.6 Å². The van der Waals surface area contributed by atoms with Crippen LogP contribution in [0.5, 0.6) is 0 Å². The molecule has 8 heteroatoms. The Balaban J connectivity index is 1.81. The number of nitrogens with one attached hydrogen (secondary N) is 1. The summed E-state index contributed by atoms with van der Waals surface area (Å²) in [7, 11) is 0. The van der Waals surface area contributed by atoms with E-state index >= 15 is 0 Å². The number of nitrogens with zero attached hydrogens (tertiary/aromatic N) is 3. The van der Waals surface area contributed by atoms with Crippen LogP contribution in [0.1, 0.15) is 44.2 Å². The zero-order valence-electron chi connectivity index (χ0n) is 16.2. The minimum Gasteiger partial charge on any atom is -0.334 e. The SMILES string of the molecule is CCCCN1C(=O)NC(c2cccc(Cl)c2)C(c2nc(-c3cccs3)no2)=C1C. The van der Waals surface area contributed by atoms with Crippen molar-refractivity contribution in [3.63, 3.8) is 0 Å². The number of urea groups is 1. The molecule has 4 rings (SSSR count). The monoisotopic (exact) mass is 428 g/mol. The van der Waals surface area contributed by atoms with Crippen molar-refractivity contribution in [1.82, 2.24) is 20.4 Å². The summed E-state index contributed by atoms with van der Waals surface area (Å²) in [5.41, 5.74) is 2.47. The lowest BCUT2D eigenvalue weighted by Gasteiger charge is -2.35. The van der Waals surface area contributed by atoms with Crippen LogP contribution in [0.25, 0.3) is 16.3 Å². The standard InChI is InChI=1S/C21H21ClN4O2S/c1-3-4-10-26-13(2)17(20-24-19(25-28-20)16-9-6-11-29-16)18(23-21(26)27)14-7-5-8-15(22)12-14/h5-9,11-12,18H,3-4,10H2,1-2H3,(H,23,27). The van der Waals surface area contributed by atoms with Crippen LogP contribution >= 0.6 is 22.9 Å². The van der Waals surface area contributed by atoms with Crippen molar-refractivity contribution >= 4 is 34.5 Å². The molecule has 1 aliphatic rings. The minimum atomic E-state index is -0.421. The predicted molar refractivity (Wildman–Crippen MR) is 115 cm³/mol. The third-order valence-corrected chi connectivity index (χ3v) is 6.01. The van der Waals surface area contributed by atoms with Crippen molar-refractivity contribution in [3.05, 3.63) is 64.0 Å². The Kier molecular flexibility index (Phi) is 5.69. The fourth-order valence-electron chi connectivity index (χ4n) is 3.42. The van der Waals surface area contributed by atoms with E-state index in [1.165, 1.54) is 0 Å². The fourth-order valence-corrected chi connectivity index (χ4v) is 4.27. The lowest BCUT2D eigenvalue weighted by molar-refractivity contribution is 0.204. The highest BCUT2D eigenvalue weighted by atomic mass is 35.5. The molecule has 0 aliphatic carbocycles. The van der Waals surface area contributed by atoms with Crippen molar-refractivity contribution in [2.45, 2.75) is 32.7 Å². The van der Waals surface area contributed by atoms with Crippen molar-refractivity contribution in [1.29, 1.82) is 0 Å². The summed E-state index contributed by atoms with van der Waals surface area (Å²) in [5.74, 6) is 0.939. The molecule has 0 fully saturated rings. The Labute approximate surface area is 178 Å². The number of allylic oxidation sites excluding steroid dienone is 1. The van der Waals surface area contributed by atoms with Crippen LogP contribution in [0, 0.1) is 0 Å². The van der Waals surface area contributed by atoms with Crippen molar-refractivity contribution in [2.75, 3.05) is 6.54 Å². The minimum absolute atomic E-state index is 0.136. The molecule has 1 unspecified atom stereocenters. The molecule has 0 saturated heterocycles. The maximum atomic E-state index is 12.8. The van der Waals surface area contributed by atoms with Crippen molar-refractivity contribution < 1.29 is 9.32 Å². The van der Waals surface area contributed by atoms with Gasteiger partial charge in [0.2, 0.25) is 5.82 Å². The largest absolute Gasteiger partial charge is 0.334 e. The maximum Gasteiger partial charge on any atom is 0.322 e. The van der Waals surface area contributed by atoms with Crippen molar-refractivity contribution in [3.8, 4) is 10.7 Å². The quantitative estimate of drug-likeness (QED) is 0.542. The fraction of sp³-hybridized carbons (Fsp3) is 0.286. The van der Waals surface area contributed by atoms with Gasteiger partial charge in [0.15, 0.2) is 0 Å². The zero-order chi connectivity index (χ0) is 20.4. The van der Waals surface area contributed by atoms with Crippen LogP contribution in [0.4, 0.5) is 4.79 Å². The van der Waals surface area contributed by atoms with Gasteiger partial charge < -0.3 is 9.84 Å². The maximum absolute atomic E-state index is 12.8. The van der Waals surface area contributed by atoms with E-state index in [-0.39, 0.29) is 6.03 Å². The van der Waals surface area contributed by atoms with Crippen LogP contribution in [0.3, 0.4) is 0 Å². The summed E-state index contributed by atoms with van der Waals surface area (Å²) in [5, 5.41) is 9.81. The Bertz CT molecular complexity index is 1040. The van der Waals surface area contributed by atoms with Gasteiger partial charge in [-0.15, -0.1) is 11.3 Å². The smallest absolute Gasteiger partial charge is 0.322 e. The van der Waals surface area contributed by atoms with Gasteiger partial charge in [-0.1, -0.05) is 48.3 Å². The third kappa shape index (κ3) is 3.93. The van der Waals surface area contributed by atoms with Gasteiger partial charge in [0, 0.05) is 17.3 Å². The molecule has 150 valence electrons. The average Bonchev–Trinajstić information content (AvgIpc) is 3.39. The molecule has 0 spiro atoms. The summed E-state index contributed by atoms with van der Waals surface area (Å²) in [6, 6.07) is 10.8. The lowest BCUT2D eigenvalue weighted by atomic mass is 9.94. The second-order valence-corrected chi connectivity index (χ2v) is 8.23. The number of hydrogen-bond acceptors (Lipinski definition) is 5. The average molecular weight is 429 g/mol. The molecule has 3 aromatic rings. The van der Waals surface area contributed by atoms with E-state index in [1.54, 1.807) is 22.3 Å². The Morgan fingerprint density at radius 2 is 2.17 bits per heavy atom. The van der Waals surface area contributed by atoms with Gasteiger partial charge in [0.1, 0.15) is 0 Å². The van der Waals surface area contributed by atoms with E-state index in [9.17, 15) is 4.79 Å². The molecule has 0 bridgehead atoms. The molecule has 1 N–H and O–H groups in total. The van der Waals surface area contributed by atoms with E-state index in [0.29, 0.717) is 23.3 Å². The van der Waals surface area contributed by atoms with Crippen LogP contribution in [0.2, 0.25) is 5.02 Å². The van der Waals surface area contributed by atoms with Crippen LogP contribution in [0.15, 0.2) is 52.0 Å². The molecule has 0 saturated carbocycles. The zero-order valence-corrected chi connectivity index (χ0v) is 17.8. The highest BCUT2D eigenvalue weighted by molar-refractivity contribution is 7.13. The van der Waals surface area contributed by atoms with Crippen LogP contribution in [-0.4, -0.2) is 27.6 Å². The molecule has 0 radical (unpaired) electrons. The number of unbranched alkanes of at least 4 members (excludes halogenated alkanes) is 1. The van der Waals surface area contributed by atoms with Gasteiger partial charge in [-0.05, 0) is 42.5 Å². The molecule has 2 aromatic heterocycles. The number of rotatable bonds is 6. The molecule has 1 aliphatic heterocycles. The van der Waals surface area contributed by atoms with Gasteiger partial charge in [-0.25, -0.2) is 4.79 Å². The Morgan fingerprint density at radius 1 is 1.31 bits per heavy atom. The first-order chi connectivity index (χ1) is 14.1. The number of hydrogen-bond donors (Lipinski definition) is 1. The molecular formula is C21H21ClN4O2S. The van der Waals surface area contributed by atoms with Gasteiger partial charge in [-0.3, -0.25) is 4.90 Å². The molecule has 1 atom stereocenters. The van der Waals surface area contributed by atoms with E-state index in [4.69, 9.17) is 16.1 Å². The number of carbonyl (C=O) groups excluding carboxylic acids is 1. The highest BCUT2D eigenvalue weighted by Gasteiger charge is 2.35. The topological polar surface area (TPSA) is 71.3 Å². The van der Waals surface area contributed by atoms with Crippen molar-refractivity contribution in [2.24, 2.45) is 0 Å². The summed E-state index contributed by atoms with van der Waals surface area (Å²) >= 11 is 7.76. The van der Waals surface area contributed by atoms with Crippen LogP contribution < -0.4 is 5.32 Å². The lowest BCUT2D eigenvalue weighted by Crippen LogP contribution is -2.46. The van der Waals surface area contributed by atoms with Crippen LogP contribution in [-0.2, 0) is 0 Å². The summed E-state index contributed by atoms with van der Waals surface area (Å²) < 4.78 is 5.65. The van der Waals surface area contributed by atoms with E-state index in [0.717, 1.165) is 34.6 Å². The summed E-state index contributed by atoms with van der Waals surface area (Å²) in [6.07, 6.45) is 1.90. The number of amides is 2. The number of benzene rings is 1. The normalized spacial score (nSPS) is 17.0. The number of thiophene rings is 1. The first kappa shape index (κ1) is 19.7. The summed E-state index contributed by atoms with van der Waals surface area (Å²) in [4.78, 5) is 20.1. The Hall–Kier alpha value is -2.64. The molecule has 2 amide bonds. The number of aromatic nitrogens is 2. The molecule has 1 aromatic carbocycles. The van der Waals surface area contributed by atoms with E-state index in [2.05, 4.69) is 22.4 Å². The highest BCUT2D eigenvalue weighted by Crippen LogP contribution is 2.38. The number of carbonyl (C=O) groups is 1. The first-order valence-electron chi connectivity index (χ1n) is 9.50. The van der Waals surface area contributed by atoms with Gasteiger partial charge >= 0.3 is 6.03 Å². The van der Waals surface area contributed by atoms with Gasteiger partial charge in [0.25, 0.3) is 5.89 Å². The third-order valence-electron chi connectivity index (χ3n) is 4.91. The predicted octanol–water partition coefficient (Wildman–Crippen LogP) is 5.75.